The van der Waals surface area contributed by atoms with Gasteiger partial charge in [-0.15, -0.1) is 5.10 Å². The summed E-state index contributed by atoms with van der Waals surface area (Å²) in [5.74, 6) is 1.01. The zero-order chi connectivity index (χ0) is 13.0. The normalized spacial score (nSPS) is 12.6. The van der Waals surface area contributed by atoms with Gasteiger partial charge in [-0.25, -0.2) is 0 Å². The predicted octanol–water partition coefficient (Wildman–Crippen LogP) is 2.15. The van der Waals surface area contributed by atoms with Crippen molar-refractivity contribution >= 4 is 27.7 Å². The summed E-state index contributed by atoms with van der Waals surface area (Å²) in [6, 6.07) is 7.78. The van der Waals surface area contributed by atoms with Crippen molar-refractivity contribution in [2.75, 3.05) is 12.4 Å². The van der Waals surface area contributed by atoms with Gasteiger partial charge in [-0.1, -0.05) is 34.6 Å². The average molecular weight is 329 g/mol. The first-order valence-corrected chi connectivity index (χ1v) is 7.26. The van der Waals surface area contributed by atoms with E-state index >= 15 is 0 Å². The molecule has 0 radical (unpaired) electrons. The Balaban J connectivity index is 2.14. The number of tetrazole rings is 1. The molecule has 0 aliphatic heterocycles. The molecular weight excluding hydrogens is 316 g/mol. The first kappa shape index (κ1) is 13.5. The predicted molar refractivity (Wildman–Crippen MR) is 73.8 cm³/mol. The lowest BCUT2D eigenvalue weighted by Gasteiger charge is -2.07. The van der Waals surface area contributed by atoms with Crippen molar-refractivity contribution in [3.63, 3.8) is 0 Å². The molecule has 96 valence electrons. The number of halogens is 1. The standard InChI is InChI=1S/C11H13BrN4OS/c1-8(6-17)7-18-11-13-14-15-16(11)10-4-2-9(12)3-5-10/h2-5,8,17H,6-7H2,1H3. The van der Waals surface area contributed by atoms with Crippen LogP contribution < -0.4 is 0 Å². The highest BCUT2D eigenvalue weighted by Gasteiger charge is 2.10. The second-order valence-corrected chi connectivity index (χ2v) is 5.85. The Morgan fingerprint density at radius 2 is 2.11 bits per heavy atom. The van der Waals surface area contributed by atoms with Crippen LogP contribution >= 0.6 is 27.7 Å². The Morgan fingerprint density at radius 1 is 1.39 bits per heavy atom. The van der Waals surface area contributed by atoms with E-state index in [0.717, 1.165) is 21.1 Å². The van der Waals surface area contributed by atoms with E-state index < -0.39 is 0 Å². The van der Waals surface area contributed by atoms with Gasteiger partial charge < -0.3 is 5.11 Å². The summed E-state index contributed by atoms with van der Waals surface area (Å²) in [4.78, 5) is 0. The Hall–Kier alpha value is -0.920. The fourth-order valence-electron chi connectivity index (χ4n) is 1.28. The molecule has 1 aromatic carbocycles. The van der Waals surface area contributed by atoms with Gasteiger partial charge in [0.25, 0.3) is 0 Å². The Labute approximate surface area is 118 Å². The summed E-state index contributed by atoms with van der Waals surface area (Å²) in [5.41, 5.74) is 0.919. The zero-order valence-corrected chi connectivity index (χ0v) is 12.2. The molecule has 0 saturated heterocycles. The minimum absolute atomic E-state index is 0.173. The fourth-order valence-corrected chi connectivity index (χ4v) is 2.44. The molecule has 1 aromatic heterocycles. The maximum absolute atomic E-state index is 9.00. The Morgan fingerprint density at radius 3 is 2.78 bits per heavy atom. The molecule has 0 amide bonds. The van der Waals surface area contributed by atoms with Crippen molar-refractivity contribution in [1.29, 1.82) is 0 Å². The van der Waals surface area contributed by atoms with E-state index in [1.807, 2.05) is 31.2 Å². The molecule has 1 heterocycles. The summed E-state index contributed by atoms with van der Waals surface area (Å²) < 4.78 is 2.71. The first-order chi connectivity index (χ1) is 8.70. The Kier molecular flexibility index (Phi) is 4.73. The molecule has 0 aliphatic carbocycles. The van der Waals surface area contributed by atoms with Crippen molar-refractivity contribution in [2.24, 2.45) is 5.92 Å². The molecule has 0 aliphatic rings. The van der Waals surface area contributed by atoms with E-state index in [-0.39, 0.29) is 12.5 Å². The van der Waals surface area contributed by atoms with Gasteiger partial charge in [-0.05, 0) is 40.6 Å². The average Bonchev–Trinajstić information content (AvgIpc) is 2.85. The smallest absolute Gasteiger partial charge is 0.214 e. The van der Waals surface area contributed by atoms with Crippen LogP contribution in [0.25, 0.3) is 5.69 Å². The maximum atomic E-state index is 9.00. The van der Waals surface area contributed by atoms with Gasteiger partial charge in [0.05, 0.1) is 5.69 Å². The number of benzene rings is 1. The highest BCUT2D eigenvalue weighted by atomic mass is 79.9. The number of thioether (sulfide) groups is 1. The zero-order valence-electron chi connectivity index (χ0n) is 9.82. The van der Waals surface area contributed by atoms with Crippen LogP contribution in [0.2, 0.25) is 0 Å². The van der Waals surface area contributed by atoms with E-state index in [4.69, 9.17) is 5.11 Å². The monoisotopic (exact) mass is 328 g/mol. The van der Waals surface area contributed by atoms with Crippen molar-refractivity contribution in [2.45, 2.75) is 12.1 Å². The van der Waals surface area contributed by atoms with E-state index in [0.29, 0.717) is 0 Å². The fraction of sp³-hybridized carbons (Fsp3) is 0.364. The largest absolute Gasteiger partial charge is 0.396 e. The highest BCUT2D eigenvalue weighted by molar-refractivity contribution is 9.10. The third-order valence-electron chi connectivity index (χ3n) is 2.32. The highest BCUT2D eigenvalue weighted by Crippen LogP contribution is 2.21. The lowest BCUT2D eigenvalue weighted by molar-refractivity contribution is 0.250. The molecule has 5 nitrogen and oxygen atoms in total. The first-order valence-electron chi connectivity index (χ1n) is 5.48. The van der Waals surface area contributed by atoms with Gasteiger partial charge >= 0.3 is 0 Å². The molecule has 1 unspecified atom stereocenters. The summed E-state index contributed by atoms with van der Waals surface area (Å²) in [6.45, 7) is 2.16. The van der Waals surface area contributed by atoms with E-state index in [2.05, 4.69) is 31.5 Å². The number of aromatic nitrogens is 4. The van der Waals surface area contributed by atoms with Crippen molar-refractivity contribution in [1.82, 2.24) is 20.2 Å². The minimum atomic E-state index is 0.173. The van der Waals surface area contributed by atoms with E-state index in [1.165, 1.54) is 0 Å². The van der Waals surface area contributed by atoms with Crippen LogP contribution in [0.15, 0.2) is 33.9 Å². The summed E-state index contributed by atoms with van der Waals surface area (Å²) >= 11 is 4.93. The number of nitrogens with zero attached hydrogens (tertiary/aromatic N) is 4. The number of rotatable bonds is 5. The van der Waals surface area contributed by atoms with Crippen LogP contribution in [0.3, 0.4) is 0 Å². The van der Waals surface area contributed by atoms with Crippen LogP contribution in [0.4, 0.5) is 0 Å². The van der Waals surface area contributed by atoms with E-state index in [9.17, 15) is 0 Å². The van der Waals surface area contributed by atoms with Gasteiger partial charge in [0, 0.05) is 16.8 Å². The lowest BCUT2D eigenvalue weighted by Crippen LogP contribution is -2.05. The SMILES string of the molecule is CC(CO)CSc1nnnn1-c1ccc(Br)cc1. The molecule has 2 aromatic rings. The third-order valence-corrected chi connectivity index (χ3v) is 4.10. The third kappa shape index (κ3) is 3.30. The number of hydrogen-bond donors (Lipinski definition) is 1. The van der Waals surface area contributed by atoms with Gasteiger partial charge in [0.15, 0.2) is 0 Å². The van der Waals surface area contributed by atoms with E-state index in [1.54, 1.807) is 16.4 Å². The van der Waals surface area contributed by atoms with Gasteiger partial charge in [0.2, 0.25) is 5.16 Å². The molecule has 0 saturated carbocycles. The molecular formula is C11H13BrN4OS. The summed E-state index contributed by atoms with van der Waals surface area (Å²) in [7, 11) is 0. The van der Waals surface area contributed by atoms with Gasteiger partial charge in [0.1, 0.15) is 0 Å². The molecule has 0 spiro atoms. The van der Waals surface area contributed by atoms with Crippen LogP contribution in [0, 0.1) is 5.92 Å². The molecule has 0 bridgehead atoms. The lowest BCUT2D eigenvalue weighted by atomic mass is 10.2. The molecule has 18 heavy (non-hydrogen) atoms. The maximum Gasteiger partial charge on any atom is 0.214 e. The Bertz CT molecular complexity index is 502. The number of hydrogen-bond acceptors (Lipinski definition) is 5. The molecule has 0 fully saturated rings. The summed E-state index contributed by atoms with van der Waals surface area (Å²) in [5, 5.41) is 21.4. The summed E-state index contributed by atoms with van der Waals surface area (Å²) in [6.07, 6.45) is 0. The molecule has 7 heteroatoms. The second kappa shape index (κ2) is 6.31. The molecule has 1 N–H and O–H groups in total. The second-order valence-electron chi connectivity index (χ2n) is 3.95. The van der Waals surface area contributed by atoms with Gasteiger partial charge in [-0.3, -0.25) is 0 Å². The van der Waals surface area contributed by atoms with Crippen molar-refractivity contribution in [3.05, 3.63) is 28.7 Å². The van der Waals surface area contributed by atoms with Gasteiger partial charge in [-0.2, -0.15) is 4.68 Å². The molecule has 2 rings (SSSR count). The quantitative estimate of drug-likeness (QED) is 0.852. The minimum Gasteiger partial charge on any atom is -0.396 e. The molecule has 1 atom stereocenters. The van der Waals surface area contributed by atoms with Crippen LogP contribution in [-0.2, 0) is 0 Å². The van der Waals surface area contributed by atoms with Crippen molar-refractivity contribution in [3.8, 4) is 5.69 Å². The topological polar surface area (TPSA) is 63.8 Å². The van der Waals surface area contributed by atoms with Crippen LogP contribution in [-0.4, -0.2) is 37.7 Å². The van der Waals surface area contributed by atoms with Crippen LogP contribution in [0.5, 0.6) is 0 Å². The van der Waals surface area contributed by atoms with Crippen LogP contribution in [0.1, 0.15) is 6.92 Å². The van der Waals surface area contributed by atoms with Crippen molar-refractivity contribution < 1.29 is 5.11 Å². The number of aliphatic hydroxyl groups excluding tert-OH is 1. The number of aliphatic hydroxyl groups is 1.